The zero-order valence-corrected chi connectivity index (χ0v) is 12.1. The molecule has 0 aliphatic carbocycles. The van der Waals surface area contributed by atoms with Crippen molar-refractivity contribution in [1.82, 2.24) is 4.90 Å². The van der Waals surface area contributed by atoms with Gasteiger partial charge in [-0.25, -0.2) is 0 Å². The van der Waals surface area contributed by atoms with E-state index in [0.29, 0.717) is 18.8 Å². The Morgan fingerprint density at radius 1 is 1.35 bits per heavy atom. The van der Waals surface area contributed by atoms with Gasteiger partial charge in [-0.3, -0.25) is 4.79 Å². The van der Waals surface area contributed by atoms with Gasteiger partial charge in [0.05, 0.1) is 5.56 Å². The van der Waals surface area contributed by atoms with Gasteiger partial charge in [0.2, 0.25) is 0 Å². The molecule has 0 bridgehead atoms. The average Bonchev–Trinajstić information content (AvgIpc) is 2.37. The van der Waals surface area contributed by atoms with E-state index in [1.165, 1.54) is 17.0 Å². The predicted molar refractivity (Wildman–Crippen MR) is 73.0 cm³/mol. The molecule has 20 heavy (non-hydrogen) atoms. The van der Waals surface area contributed by atoms with E-state index in [9.17, 15) is 18.0 Å². The molecule has 0 aromatic heterocycles. The predicted octanol–water partition coefficient (Wildman–Crippen LogP) is 4.18. The molecule has 1 amide bonds. The first kappa shape index (κ1) is 16.8. The average molecular weight is 308 g/mol. The molecule has 1 aromatic carbocycles. The first-order valence-electron chi connectivity index (χ1n) is 6.31. The van der Waals surface area contributed by atoms with Gasteiger partial charge in [0.1, 0.15) is 0 Å². The Labute approximate surface area is 121 Å². The molecule has 112 valence electrons. The van der Waals surface area contributed by atoms with Crippen LogP contribution in [0, 0.1) is 0 Å². The lowest BCUT2D eigenvalue weighted by Gasteiger charge is -2.26. The topological polar surface area (TPSA) is 20.3 Å². The van der Waals surface area contributed by atoms with E-state index < -0.39 is 17.6 Å². The second-order valence-corrected chi connectivity index (χ2v) is 5.09. The number of carbonyl (C=O) groups excluding carboxylic acids is 1. The van der Waals surface area contributed by atoms with Crippen LogP contribution < -0.4 is 0 Å². The summed E-state index contributed by atoms with van der Waals surface area (Å²) in [6, 6.07) is 4.39. The van der Waals surface area contributed by atoms with Gasteiger partial charge in [0.25, 0.3) is 5.91 Å². The van der Waals surface area contributed by atoms with E-state index in [1.54, 1.807) is 0 Å². The monoisotopic (exact) mass is 307 g/mol. The third-order valence-electron chi connectivity index (χ3n) is 2.85. The molecule has 0 spiro atoms. The van der Waals surface area contributed by atoms with Gasteiger partial charge in [-0.05, 0) is 38.5 Å². The number of rotatable bonds is 5. The Morgan fingerprint density at radius 3 is 2.50 bits per heavy atom. The summed E-state index contributed by atoms with van der Waals surface area (Å²) in [4.78, 5) is 13.8. The third kappa shape index (κ3) is 4.40. The second-order valence-electron chi connectivity index (χ2n) is 4.71. The molecule has 0 aliphatic heterocycles. The highest BCUT2D eigenvalue weighted by Gasteiger charge is 2.31. The van der Waals surface area contributed by atoms with E-state index in [-0.39, 0.29) is 11.6 Å². The van der Waals surface area contributed by atoms with Gasteiger partial charge < -0.3 is 4.90 Å². The SMILES string of the molecule is CC(C)N(CCCCl)C(=O)c1cccc(C(F)(F)F)c1. The molecular weight excluding hydrogens is 291 g/mol. The number of hydrogen-bond acceptors (Lipinski definition) is 1. The van der Waals surface area contributed by atoms with E-state index in [1.807, 2.05) is 13.8 Å². The van der Waals surface area contributed by atoms with E-state index >= 15 is 0 Å². The van der Waals surface area contributed by atoms with Gasteiger partial charge in [0.15, 0.2) is 0 Å². The Kier molecular flexibility index (Phi) is 5.87. The molecule has 0 radical (unpaired) electrons. The lowest BCUT2D eigenvalue weighted by Crippen LogP contribution is -2.38. The molecule has 0 aliphatic rings. The smallest absolute Gasteiger partial charge is 0.336 e. The molecular formula is C14H17ClF3NO. The molecule has 0 atom stereocenters. The molecule has 2 nitrogen and oxygen atoms in total. The van der Waals surface area contributed by atoms with Gasteiger partial charge in [-0.15, -0.1) is 11.6 Å². The van der Waals surface area contributed by atoms with Crippen LogP contribution in [0.4, 0.5) is 13.2 Å². The molecule has 6 heteroatoms. The summed E-state index contributed by atoms with van der Waals surface area (Å²) in [5.74, 6) is -0.00441. The largest absolute Gasteiger partial charge is 0.416 e. The van der Waals surface area contributed by atoms with Gasteiger partial charge in [0, 0.05) is 24.0 Å². The van der Waals surface area contributed by atoms with Crippen LogP contribution >= 0.6 is 11.6 Å². The van der Waals surface area contributed by atoms with Crippen LogP contribution in [-0.4, -0.2) is 29.3 Å². The Balaban J connectivity index is 3.00. The number of nitrogens with zero attached hydrogens (tertiary/aromatic N) is 1. The first-order chi connectivity index (χ1) is 9.27. The minimum atomic E-state index is -4.45. The van der Waals surface area contributed by atoms with Gasteiger partial charge in [-0.2, -0.15) is 13.2 Å². The third-order valence-corrected chi connectivity index (χ3v) is 3.12. The molecule has 0 heterocycles. The number of halogens is 4. The van der Waals surface area contributed by atoms with Crippen LogP contribution in [0.15, 0.2) is 24.3 Å². The highest BCUT2D eigenvalue weighted by Crippen LogP contribution is 2.29. The van der Waals surface area contributed by atoms with Crippen molar-refractivity contribution in [3.63, 3.8) is 0 Å². The van der Waals surface area contributed by atoms with Gasteiger partial charge >= 0.3 is 6.18 Å². The van der Waals surface area contributed by atoms with Crippen molar-refractivity contribution in [2.45, 2.75) is 32.5 Å². The minimum absolute atomic E-state index is 0.0445. The molecule has 1 aromatic rings. The molecule has 0 saturated heterocycles. The lowest BCUT2D eigenvalue weighted by atomic mass is 10.1. The maximum atomic E-state index is 12.7. The Hall–Kier alpha value is -1.23. The molecule has 1 rings (SSSR count). The number of alkyl halides is 4. The summed E-state index contributed by atoms with van der Waals surface area (Å²) in [6.45, 7) is 4.07. The fraction of sp³-hybridized carbons (Fsp3) is 0.500. The standard InChI is InChI=1S/C14H17ClF3NO/c1-10(2)19(8-4-7-15)13(20)11-5-3-6-12(9-11)14(16,17)18/h3,5-6,9-10H,4,7-8H2,1-2H3. The maximum Gasteiger partial charge on any atom is 0.416 e. The Morgan fingerprint density at radius 2 is 2.00 bits per heavy atom. The van der Waals surface area contributed by atoms with Crippen LogP contribution in [0.2, 0.25) is 0 Å². The molecule has 0 saturated carbocycles. The van der Waals surface area contributed by atoms with E-state index in [0.717, 1.165) is 12.1 Å². The number of benzene rings is 1. The highest BCUT2D eigenvalue weighted by molar-refractivity contribution is 6.17. The van der Waals surface area contributed by atoms with Crippen LogP contribution in [0.25, 0.3) is 0 Å². The maximum absolute atomic E-state index is 12.7. The van der Waals surface area contributed by atoms with Crippen molar-refractivity contribution in [1.29, 1.82) is 0 Å². The molecule has 0 unspecified atom stereocenters. The summed E-state index contributed by atoms with van der Waals surface area (Å²) in [5.41, 5.74) is -0.771. The summed E-state index contributed by atoms with van der Waals surface area (Å²) >= 11 is 5.60. The van der Waals surface area contributed by atoms with Crippen molar-refractivity contribution in [2.24, 2.45) is 0 Å². The van der Waals surface area contributed by atoms with E-state index in [2.05, 4.69) is 0 Å². The highest BCUT2D eigenvalue weighted by atomic mass is 35.5. The van der Waals surface area contributed by atoms with Crippen LogP contribution in [-0.2, 0) is 6.18 Å². The molecule has 0 N–H and O–H groups in total. The Bertz CT molecular complexity index is 460. The van der Waals surface area contributed by atoms with Crippen LogP contribution in [0.3, 0.4) is 0 Å². The summed E-state index contributed by atoms with van der Waals surface area (Å²) in [5, 5.41) is 0. The van der Waals surface area contributed by atoms with Gasteiger partial charge in [-0.1, -0.05) is 6.07 Å². The summed E-state index contributed by atoms with van der Waals surface area (Å²) in [7, 11) is 0. The summed E-state index contributed by atoms with van der Waals surface area (Å²) < 4.78 is 38.0. The van der Waals surface area contributed by atoms with Crippen molar-refractivity contribution < 1.29 is 18.0 Å². The minimum Gasteiger partial charge on any atom is -0.336 e. The van der Waals surface area contributed by atoms with Crippen molar-refractivity contribution in [3.05, 3.63) is 35.4 Å². The fourth-order valence-corrected chi connectivity index (χ4v) is 1.94. The summed E-state index contributed by atoms with van der Waals surface area (Å²) in [6.07, 6.45) is -3.85. The number of amides is 1. The molecule has 0 fully saturated rings. The zero-order chi connectivity index (χ0) is 15.3. The normalized spacial score (nSPS) is 11.8. The van der Waals surface area contributed by atoms with Crippen molar-refractivity contribution in [3.8, 4) is 0 Å². The number of carbonyl (C=O) groups is 1. The van der Waals surface area contributed by atoms with Crippen molar-refractivity contribution in [2.75, 3.05) is 12.4 Å². The van der Waals surface area contributed by atoms with Crippen LogP contribution in [0.5, 0.6) is 0 Å². The second kappa shape index (κ2) is 6.97. The van der Waals surface area contributed by atoms with Crippen LogP contribution in [0.1, 0.15) is 36.2 Å². The fourth-order valence-electron chi connectivity index (χ4n) is 1.82. The first-order valence-corrected chi connectivity index (χ1v) is 6.85. The quantitative estimate of drug-likeness (QED) is 0.747. The van der Waals surface area contributed by atoms with Crippen molar-refractivity contribution >= 4 is 17.5 Å². The lowest BCUT2D eigenvalue weighted by molar-refractivity contribution is -0.137. The zero-order valence-electron chi connectivity index (χ0n) is 11.4. The number of hydrogen-bond donors (Lipinski definition) is 0. The van der Waals surface area contributed by atoms with E-state index in [4.69, 9.17) is 11.6 Å².